The van der Waals surface area contributed by atoms with Gasteiger partial charge in [0, 0.05) is 18.6 Å². The number of aliphatic hydroxyl groups is 1. The van der Waals surface area contributed by atoms with Crippen LogP contribution in [0.5, 0.6) is 0 Å². The summed E-state index contributed by atoms with van der Waals surface area (Å²) in [5, 5.41) is 20.4. The Bertz CT molecular complexity index is 773. The van der Waals surface area contributed by atoms with Crippen LogP contribution in [0.1, 0.15) is 29.8 Å². The number of piperidine rings is 1. The van der Waals surface area contributed by atoms with E-state index in [1.807, 2.05) is 12.1 Å². The Hall–Kier alpha value is -2.26. The third kappa shape index (κ3) is 3.16. The smallest absolute Gasteiger partial charge is 0.140 e. The van der Waals surface area contributed by atoms with Gasteiger partial charge in [0.25, 0.3) is 0 Å². The van der Waals surface area contributed by atoms with Crippen molar-refractivity contribution < 1.29 is 9.84 Å². The van der Waals surface area contributed by atoms with Crippen LogP contribution in [0.2, 0.25) is 0 Å². The van der Waals surface area contributed by atoms with Crippen LogP contribution in [-0.2, 0) is 16.9 Å². The topological polar surface area (TPSA) is 69.4 Å². The summed E-state index contributed by atoms with van der Waals surface area (Å²) in [4.78, 5) is 6.80. The summed E-state index contributed by atoms with van der Waals surface area (Å²) in [7, 11) is 0. The van der Waals surface area contributed by atoms with E-state index in [9.17, 15) is 5.11 Å². The van der Waals surface area contributed by atoms with Gasteiger partial charge in [0.15, 0.2) is 0 Å². The van der Waals surface area contributed by atoms with Gasteiger partial charge in [-0.15, -0.1) is 0 Å². The first-order valence-electron chi connectivity index (χ1n) is 8.65. The van der Waals surface area contributed by atoms with Gasteiger partial charge < -0.3 is 9.84 Å². The van der Waals surface area contributed by atoms with Gasteiger partial charge in [-0.25, -0.2) is 4.98 Å². The summed E-state index contributed by atoms with van der Waals surface area (Å²) in [6.07, 6.45) is 1.14. The van der Waals surface area contributed by atoms with Crippen LogP contribution in [0.4, 0.5) is 0 Å². The molecule has 1 aromatic carbocycles. The van der Waals surface area contributed by atoms with Crippen molar-refractivity contribution in [2.75, 3.05) is 13.2 Å². The Kier molecular flexibility index (Phi) is 4.26. The van der Waals surface area contributed by atoms with Gasteiger partial charge in [-0.1, -0.05) is 36.4 Å². The van der Waals surface area contributed by atoms with Gasteiger partial charge >= 0.3 is 0 Å². The van der Waals surface area contributed by atoms with Crippen molar-refractivity contribution in [1.29, 1.82) is 5.26 Å². The maximum Gasteiger partial charge on any atom is 0.140 e. The van der Waals surface area contributed by atoms with Crippen LogP contribution in [0.25, 0.3) is 0 Å². The molecule has 2 bridgehead atoms. The van der Waals surface area contributed by atoms with E-state index in [2.05, 4.69) is 40.2 Å². The minimum Gasteiger partial charge on any atom is -0.383 e. The lowest BCUT2D eigenvalue weighted by molar-refractivity contribution is -0.150. The third-order valence-electron chi connectivity index (χ3n) is 5.25. The molecular weight excluding hydrogens is 314 g/mol. The molecule has 2 fully saturated rings. The molecule has 2 aromatic rings. The van der Waals surface area contributed by atoms with Crippen LogP contribution in [0.3, 0.4) is 0 Å². The van der Waals surface area contributed by atoms with Crippen LogP contribution in [0.15, 0.2) is 48.5 Å². The standard InChI is InChI=1S/C20H21N3O2/c21-11-16-7-4-8-19(22-16)20(24)9-17-13-25-14-18(10-20)23(17)12-15-5-2-1-3-6-15/h1-8,17-18,24H,9-10,12-14H2. The number of aromatic nitrogens is 1. The molecule has 3 heterocycles. The van der Waals surface area contributed by atoms with Crippen molar-refractivity contribution in [1.82, 2.24) is 9.88 Å². The zero-order valence-electron chi connectivity index (χ0n) is 14.0. The van der Waals surface area contributed by atoms with E-state index in [1.54, 1.807) is 12.1 Å². The minimum atomic E-state index is -1.00. The summed E-state index contributed by atoms with van der Waals surface area (Å²) in [6, 6.07) is 18.0. The predicted octanol–water partition coefficient (Wildman–Crippen LogP) is 2.20. The van der Waals surface area contributed by atoms with Gasteiger partial charge in [0.05, 0.1) is 18.9 Å². The molecule has 5 nitrogen and oxygen atoms in total. The Morgan fingerprint density at radius 1 is 1.12 bits per heavy atom. The highest BCUT2D eigenvalue weighted by Crippen LogP contribution is 2.40. The lowest BCUT2D eigenvalue weighted by Crippen LogP contribution is -2.60. The van der Waals surface area contributed by atoms with E-state index >= 15 is 0 Å². The molecule has 0 amide bonds. The Balaban J connectivity index is 1.59. The van der Waals surface area contributed by atoms with Crippen molar-refractivity contribution in [3.63, 3.8) is 0 Å². The Morgan fingerprint density at radius 2 is 1.84 bits per heavy atom. The molecule has 4 rings (SSSR count). The lowest BCUT2D eigenvalue weighted by Gasteiger charge is -2.51. The molecule has 2 saturated heterocycles. The van der Waals surface area contributed by atoms with Crippen LogP contribution < -0.4 is 0 Å². The highest BCUT2D eigenvalue weighted by Gasteiger charge is 2.47. The summed E-state index contributed by atoms with van der Waals surface area (Å²) < 4.78 is 5.75. The van der Waals surface area contributed by atoms with E-state index in [-0.39, 0.29) is 12.1 Å². The highest BCUT2D eigenvalue weighted by molar-refractivity contribution is 5.26. The van der Waals surface area contributed by atoms with Crippen molar-refractivity contribution >= 4 is 0 Å². The van der Waals surface area contributed by atoms with E-state index in [4.69, 9.17) is 10.00 Å². The number of nitrogens with zero attached hydrogens (tertiary/aromatic N) is 3. The maximum absolute atomic E-state index is 11.3. The number of hydrogen-bond acceptors (Lipinski definition) is 5. The van der Waals surface area contributed by atoms with Gasteiger partial charge in [0.1, 0.15) is 17.4 Å². The van der Waals surface area contributed by atoms with Gasteiger partial charge in [-0.2, -0.15) is 5.26 Å². The maximum atomic E-state index is 11.3. The molecule has 0 spiro atoms. The number of ether oxygens (including phenoxy) is 1. The fourth-order valence-corrected chi connectivity index (χ4v) is 4.06. The SMILES string of the molecule is N#Cc1cccc(C2(O)CC3COCC(C2)N3Cc2ccccc2)n1. The van der Waals surface area contributed by atoms with Crippen molar-refractivity contribution in [3.8, 4) is 6.07 Å². The molecule has 2 aliphatic heterocycles. The zero-order chi connectivity index (χ0) is 17.3. The van der Waals surface area contributed by atoms with Gasteiger partial charge in [-0.05, 0) is 30.5 Å². The fraction of sp³-hybridized carbons (Fsp3) is 0.400. The van der Waals surface area contributed by atoms with Crippen LogP contribution >= 0.6 is 0 Å². The number of morpholine rings is 1. The molecule has 0 saturated carbocycles. The lowest BCUT2D eigenvalue weighted by atomic mass is 9.78. The first kappa shape index (κ1) is 16.2. The Labute approximate surface area is 147 Å². The molecule has 0 radical (unpaired) electrons. The van der Waals surface area contributed by atoms with Gasteiger partial charge in [0.2, 0.25) is 0 Å². The summed E-state index contributed by atoms with van der Waals surface area (Å²) in [5.41, 5.74) is 1.22. The fourth-order valence-electron chi connectivity index (χ4n) is 4.06. The van der Waals surface area contributed by atoms with E-state index in [0.29, 0.717) is 37.4 Å². The number of hydrogen-bond donors (Lipinski definition) is 1. The second-order valence-corrected chi connectivity index (χ2v) is 6.96. The summed E-state index contributed by atoms with van der Waals surface area (Å²) in [6.45, 7) is 2.09. The first-order chi connectivity index (χ1) is 12.2. The van der Waals surface area contributed by atoms with Crippen molar-refractivity contribution in [2.45, 2.75) is 37.1 Å². The van der Waals surface area contributed by atoms with E-state index < -0.39 is 5.60 Å². The van der Waals surface area contributed by atoms with Crippen LogP contribution in [0, 0.1) is 11.3 Å². The van der Waals surface area contributed by atoms with Gasteiger partial charge in [-0.3, -0.25) is 4.90 Å². The third-order valence-corrected chi connectivity index (χ3v) is 5.25. The Morgan fingerprint density at radius 3 is 2.52 bits per heavy atom. The molecular formula is C20H21N3O2. The molecule has 5 heteroatoms. The second-order valence-electron chi connectivity index (χ2n) is 6.96. The normalized spacial score (nSPS) is 29.1. The van der Waals surface area contributed by atoms with E-state index in [0.717, 1.165) is 6.54 Å². The van der Waals surface area contributed by atoms with Crippen molar-refractivity contribution in [2.24, 2.45) is 0 Å². The summed E-state index contributed by atoms with van der Waals surface area (Å²) in [5.74, 6) is 0. The second kappa shape index (κ2) is 6.57. The predicted molar refractivity (Wildman–Crippen MR) is 92.5 cm³/mol. The average molecular weight is 335 g/mol. The van der Waals surface area contributed by atoms with E-state index in [1.165, 1.54) is 5.56 Å². The quantitative estimate of drug-likeness (QED) is 0.931. The first-order valence-corrected chi connectivity index (χ1v) is 8.65. The molecule has 2 unspecified atom stereocenters. The number of rotatable bonds is 3. The average Bonchev–Trinajstić information content (AvgIpc) is 2.64. The molecule has 2 aliphatic rings. The number of fused-ring (bicyclic) bond motifs is 2. The molecule has 0 aliphatic carbocycles. The molecule has 25 heavy (non-hydrogen) atoms. The number of benzene rings is 1. The molecule has 1 N–H and O–H groups in total. The molecule has 2 atom stereocenters. The number of nitriles is 1. The monoisotopic (exact) mass is 335 g/mol. The van der Waals surface area contributed by atoms with Crippen molar-refractivity contribution in [3.05, 3.63) is 65.5 Å². The number of pyridine rings is 1. The molecule has 128 valence electrons. The highest BCUT2D eigenvalue weighted by atomic mass is 16.5. The van der Waals surface area contributed by atoms with Crippen LogP contribution in [-0.4, -0.2) is 40.3 Å². The zero-order valence-corrected chi connectivity index (χ0v) is 14.0. The largest absolute Gasteiger partial charge is 0.383 e. The summed E-state index contributed by atoms with van der Waals surface area (Å²) >= 11 is 0. The minimum absolute atomic E-state index is 0.144. The molecule has 1 aromatic heterocycles.